The molecule has 0 aliphatic carbocycles. The number of rotatable bonds is 3. The van der Waals surface area contributed by atoms with E-state index in [2.05, 4.69) is 10.4 Å². The number of hydrogen-bond acceptors (Lipinski definition) is 5. The van der Waals surface area contributed by atoms with Crippen molar-refractivity contribution in [1.29, 1.82) is 5.26 Å². The molecule has 2 aromatic rings. The maximum absolute atomic E-state index is 12.0. The molecule has 0 atom stereocenters. The summed E-state index contributed by atoms with van der Waals surface area (Å²) in [5, 5.41) is 26.2. The van der Waals surface area contributed by atoms with Gasteiger partial charge < -0.3 is 5.32 Å². The van der Waals surface area contributed by atoms with Crippen LogP contribution < -0.4 is 5.32 Å². The fraction of sp³-hybridized carbons (Fsp3) is 0.0833. The zero-order valence-electron chi connectivity index (χ0n) is 10.7. The Kier molecular flexibility index (Phi) is 3.86. The molecule has 0 spiro atoms. The van der Waals surface area contributed by atoms with Crippen LogP contribution in [0, 0.1) is 21.4 Å². The number of halogens is 1. The lowest BCUT2D eigenvalue weighted by atomic mass is 10.1. The highest BCUT2D eigenvalue weighted by Gasteiger charge is 2.17. The van der Waals surface area contributed by atoms with Crippen LogP contribution in [0.15, 0.2) is 24.4 Å². The topological polar surface area (TPSA) is 114 Å². The number of nitro benzene ring substituents is 1. The minimum Gasteiger partial charge on any atom is -0.319 e. The van der Waals surface area contributed by atoms with Crippen molar-refractivity contribution >= 4 is 28.9 Å². The predicted molar refractivity (Wildman–Crippen MR) is 74.0 cm³/mol. The van der Waals surface area contributed by atoms with Crippen LogP contribution in [0.2, 0.25) is 5.02 Å². The maximum Gasteiger partial charge on any atom is 0.277 e. The summed E-state index contributed by atoms with van der Waals surface area (Å²) in [7, 11) is 1.61. The highest BCUT2D eigenvalue weighted by Crippen LogP contribution is 2.23. The van der Waals surface area contributed by atoms with Crippen molar-refractivity contribution in [2.24, 2.45) is 7.05 Å². The van der Waals surface area contributed by atoms with Crippen LogP contribution in [-0.2, 0) is 7.05 Å². The number of anilines is 1. The van der Waals surface area contributed by atoms with E-state index in [0.29, 0.717) is 0 Å². The standard InChI is InChI=1S/C12H8ClN5O3/c1-17-6-9(13)11(16-17)12(19)15-10-3-2-8(18(20)21)4-7(10)5-14/h2-4,6H,1H3,(H,15,19). The van der Waals surface area contributed by atoms with Gasteiger partial charge in [0.15, 0.2) is 5.69 Å². The zero-order chi connectivity index (χ0) is 15.6. The van der Waals surface area contributed by atoms with Crippen LogP contribution in [0.1, 0.15) is 16.1 Å². The maximum atomic E-state index is 12.0. The summed E-state index contributed by atoms with van der Waals surface area (Å²) in [6, 6.07) is 5.34. The van der Waals surface area contributed by atoms with Gasteiger partial charge in [0.1, 0.15) is 6.07 Å². The SMILES string of the molecule is Cn1cc(Cl)c(C(=O)Nc2ccc([N+](=O)[O-])cc2C#N)n1. The smallest absolute Gasteiger partial charge is 0.277 e. The van der Waals surface area contributed by atoms with Crippen molar-refractivity contribution in [3.63, 3.8) is 0 Å². The number of benzene rings is 1. The summed E-state index contributed by atoms with van der Waals surface area (Å²) >= 11 is 5.85. The van der Waals surface area contributed by atoms with Crippen molar-refractivity contribution < 1.29 is 9.72 Å². The van der Waals surface area contributed by atoms with Gasteiger partial charge in [0.25, 0.3) is 11.6 Å². The molecule has 0 bridgehead atoms. The van der Waals surface area contributed by atoms with Gasteiger partial charge in [-0.3, -0.25) is 19.6 Å². The van der Waals surface area contributed by atoms with E-state index < -0.39 is 10.8 Å². The van der Waals surface area contributed by atoms with Crippen LogP contribution in [0.25, 0.3) is 0 Å². The first kappa shape index (κ1) is 14.5. The number of carbonyl (C=O) groups excluding carboxylic acids is 1. The molecule has 1 heterocycles. The number of nitro groups is 1. The van der Waals surface area contributed by atoms with Gasteiger partial charge in [-0.1, -0.05) is 11.6 Å². The highest BCUT2D eigenvalue weighted by atomic mass is 35.5. The van der Waals surface area contributed by atoms with E-state index in [1.807, 2.05) is 0 Å². The van der Waals surface area contributed by atoms with Crippen LogP contribution in [0.4, 0.5) is 11.4 Å². The van der Waals surface area contributed by atoms with Gasteiger partial charge in [-0.05, 0) is 6.07 Å². The molecule has 106 valence electrons. The number of hydrogen-bond donors (Lipinski definition) is 1. The van der Waals surface area contributed by atoms with E-state index in [1.54, 1.807) is 13.1 Å². The first-order chi connectivity index (χ1) is 9.92. The Bertz CT molecular complexity index is 778. The lowest BCUT2D eigenvalue weighted by Crippen LogP contribution is -2.14. The minimum absolute atomic E-state index is 0.00130. The predicted octanol–water partition coefficient (Wildman–Crippen LogP) is 2.11. The summed E-state index contributed by atoms with van der Waals surface area (Å²) < 4.78 is 1.37. The Balaban J connectivity index is 2.32. The number of nitrogens with zero attached hydrogens (tertiary/aromatic N) is 4. The lowest BCUT2D eigenvalue weighted by Gasteiger charge is -2.05. The van der Waals surface area contributed by atoms with Crippen molar-refractivity contribution in [2.45, 2.75) is 0 Å². The fourth-order valence-electron chi connectivity index (χ4n) is 1.64. The summed E-state index contributed by atoms with van der Waals surface area (Å²) in [5.41, 5.74) is -0.110. The fourth-order valence-corrected chi connectivity index (χ4v) is 1.91. The molecule has 0 aliphatic heterocycles. The Morgan fingerprint density at radius 2 is 2.29 bits per heavy atom. The molecular weight excluding hydrogens is 298 g/mol. The molecule has 1 N–H and O–H groups in total. The van der Waals surface area contributed by atoms with Gasteiger partial charge in [0, 0.05) is 25.4 Å². The Hall–Kier alpha value is -2.92. The zero-order valence-corrected chi connectivity index (χ0v) is 11.5. The second kappa shape index (κ2) is 5.60. The summed E-state index contributed by atoms with van der Waals surface area (Å²) in [6.45, 7) is 0. The first-order valence-corrected chi connectivity index (χ1v) is 5.99. The van der Waals surface area contributed by atoms with Crippen LogP contribution in [0.5, 0.6) is 0 Å². The largest absolute Gasteiger partial charge is 0.319 e. The summed E-state index contributed by atoms with van der Waals surface area (Å²) in [6.07, 6.45) is 1.46. The van der Waals surface area contributed by atoms with Gasteiger partial charge in [-0.2, -0.15) is 10.4 Å². The van der Waals surface area contributed by atoms with Gasteiger partial charge >= 0.3 is 0 Å². The second-order valence-corrected chi connectivity index (χ2v) is 4.46. The van der Waals surface area contributed by atoms with Crippen LogP contribution in [-0.4, -0.2) is 20.6 Å². The molecule has 2 rings (SSSR count). The molecular formula is C12H8ClN5O3. The number of amides is 1. The number of non-ortho nitro benzene ring substituents is 1. The molecule has 1 aromatic heterocycles. The third-order valence-corrected chi connectivity index (χ3v) is 2.86. The van der Waals surface area contributed by atoms with Gasteiger partial charge in [0.05, 0.1) is 21.2 Å². The second-order valence-electron chi connectivity index (χ2n) is 4.05. The van der Waals surface area contributed by atoms with Gasteiger partial charge in [0.2, 0.25) is 0 Å². The quantitative estimate of drug-likeness (QED) is 0.689. The normalized spacial score (nSPS) is 9.95. The Labute approximate surface area is 123 Å². The van der Waals surface area contributed by atoms with Crippen molar-refractivity contribution in [3.8, 4) is 6.07 Å². The average molecular weight is 306 g/mol. The Morgan fingerprint density at radius 3 is 2.81 bits per heavy atom. The highest BCUT2D eigenvalue weighted by molar-refractivity contribution is 6.34. The van der Waals surface area contributed by atoms with E-state index in [9.17, 15) is 14.9 Å². The number of nitrogens with one attached hydrogen (secondary N) is 1. The minimum atomic E-state index is -0.623. The molecule has 9 heteroatoms. The molecule has 1 amide bonds. The first-order valence-electron chi connectivity index (χ1n) is 5.61. The third-order valence-electron chi connectivity index (χ3n) is 2.58. The molecule has 1 aromatic carbocycles. The van der Waals surface area contributed by atoms with Crippen LogP contribution >= 0.6 is 11.6 Å². The number of aromatic nitrogens is 2. The molecule has 0 saturated heterocycles. The number of aryl methyl sites for hydroxylation is 1. The third kappa shape index (κ3) is 2.98. The monoisotopic (exact) mass is 305 g/mol. The molecule has 0 fully saturated rings. The van der Waals surface area contributed by atoms with E-state index >= 15 is 0 Å². The van der Waals surface area contributed by atoms with E-state index in [0.717, 1.165) is 6.07 Å². The summed E-state index contributed by atoms with van der Waals surface area (Å²) in [5.74, 6) is -0.606. The van der Waals surface area contributed by atoms with Gasteiger partial charge in [-0.15, -0.1) is 0 Å². The molecule has 0 radical (unpaired) electrons. The Morgan fingerprint density at radius 1 is 1.57 bits per heavy atom. The number of carbonyl (C=O) groups is 1. The molecule has 8 nitrogen and oxygen atoms in total. The molecule has 21 heavy (non-hydrogen) atoms. The number of nitriles is 1. The van der Waals surface area contributed by atoms with Crippen LogP contribution in [0.3, 0.4) is 0 Å². The van der Waals surface area contributed by atoms with E-state index in [1.165, 1.54) is 23.0 Å². The van der Waals surface area contributed by atoms with Crippen molar-refractivity contribution in [1.82, 2.24) is 9.78 Å². The molecule has 0 saturated carbocycles. The van der Waals surface area contributed by atoms with Gasteiger partial charge in [-0.25, -0.2) is 0 Å². The van der Waals surface area contributed by atoms with Crippen molar-refractivity contribution in [3.05, 3.63) is 50.8 Å². The summed E-state index contributed by atoms with van der Waals surface area (Å²) in [4.78, 5) is 22.0. The molecule has 0 aliphatic rings. The van der Waals surface area contributed by atoms with Crippen molar-refractivity contribution in [2.75, 3.05) is 5.32 Å². The van der Waals surface area contributed by atoms with E-state index in [4.69, 9.17) is 16.9 Å². The average Bonchev–Trinajstić information content (AvgIpc) is 2.78. The lowest BCUT2D eigenvalue weighted by molar-refractivity contribution is -0.384. The van der Waals surface area contributed by atoms with E-state index in [-0.39, 0.29) is 27.7 Å². The molecule has 0 unspecified atom stereocenters.